The van der Waals surface area contributed by atoms with E-state index in [0.717, 1.165) is 11.4 Å². The molecule has 0 saturated heterocycles. The number of aromatic nitrogens is 1. The number of nitrogens with zero attached hydrogens (tertiary/aromatic N) is 2. The molecule has 0 aliphatic heterocycles. The molecule has 0 atom stereocenters. The Morgan fingerprint density at radius 2 is 2.06 bits per heavy atom. The van der Waals surface area contributed by atoms with Crippen LogP contribution in [0.5, 0.6) is 0 Å². The number of anilines is 1. The van der Waals surface area contributed by atoms with Crippen molar-refractivity contribution in [3.63, 3.8) is 0 Å². The van der Waals surface area contributed by atoms with Gasteiger partial charge in [0.15, 0.2) is 0 Å². The van der Waals surface area contributed by atoms with Crippen molar-refractivity contribution in [3.8, 4) is 0 Å². The van der Waals surface area contributed by atoms with Gasteiger partial charge in [0.1, 0.15) is 5.82 Å². The molecule has 0 spiro atoms. The first-order valence-electron chi connectivity index (χ1n) is 6.15. The van der Waals surface area contributed by atoms with E-state index in [9.17, 15) is 0 Å². The molecule has 1 aliphatic carbocycles. The fourth-order valence-electron chi connectivity index (χ4n) is 2.42. The topological polar surface area (TPSA) is 16.1 Å². The highest BCUT2D eigenvalue weighted by Crippen LogP contribution is 2.27. The third-order valence-electron chi connectivity index (χ3n) is 3.55. The van der Waals surface area contributed by atoms with Gasteiger partial charge in [0.25, 0.3) is 0 Å². The van der Waals surface area contributed by atoms with Gasteiger partial charge in [-0.3, -0.25) is 0 Å². The SMILES string of the molecule is CN(c1cc(CCl)c(Cl)cn1)C1CCCCC1. The quantitative estimate of drug-likeness (QED) is 0.766. The van der Waals surface area contributed by atoms with Crippen LogP contribution < -0.4 is 4.90 Å². The normalized spacial score (nSPS) is 17.1. The Morgan fingerprint density at radius 3 is 2.71 bits per heavy atom. The van der Waals surface area contributed by atoms with Gasteiger partial charge in [0, 0.05) is 25.2 Å². The number of hydrogen-bond donors (Lipinski definition) is 0. The van der Waals surface area contributed by atoms with Crippen LogP contribution in [-0.2, 0) is 5.88 Å². The highest BCUT2D eigenvalue weighted by atomic mass is 35.5. The zero-order valence-corrected chi connectivity index (χ0v) is 11.6. The Morgan fingerprint density at radius 1 is 1.35 bits per heavy atom. The molecule has 0 bridgehead atoms. The molecule has 0 unspecified atom stereocenters. The standard InChI is InChI=1S/C13H18Cl2N2/c1-17(11-5-3-2-4-6-11)13-7-10(8-14)12(15)9-16-13/h7,9,11H,2-6,8H2,1H3. The van der Waals surface area contributed by atoms with Gasteiger partial charge in [-0.05, 0) is 24.5 Å². The first kappa shape index (κ1) is 13.0. The second kappa shape index (κ2) is 5.92. The van der Waals surface area contributed by atoms with E-state index in [-0.39, 0.29) is 0 Å². The lowest BCUT2D eigenvalue weighted by atomic mass is 9.94. The zero-order chi connectivity index (χ0) is 12.3. The van der Waals surface area contributed by atoms with Crippen molar-refractivity contribution in [1.82, 2.24) is 4.98 Å². The van der Waals surface area contributed by atoms with Gasteiger partial charge < -0.3 is 4.90 Å². The average Bonchev–Trinajstić information content (AvgIpc) is 2.39. The molecular formula is C13H18Cl2N2. The van der Waals surface area contributed by atoms with E-state index in [4.69, 9.17) is 23.2 Å². The van der Waals surface area contributed by atoms with Crippen LogP contribution in [0.2, 0.25) is 5.02 Å². The maximum absolute atomic E-state index is 6.02. The summed E-state index contributed by atoms with van der Waals surface area (Å²) in [6, 6.07) is 2.62. The second-order valence-electron chi connectivity index (χ2n) is 4.67. The first-order chi connectivity index (χ1) is 8.22. The molecule has 1 fully saturated rings. The lowest BCUT2D eigenvalue weighted by Gasteiger charge is -2.32. The first-order valence-corrected chi connectivity index (χ1v) is 7.07. The largest absolute Gasteiger partial charge is 0.357 e. The van der Waals surface area contributed by atoms with Gasteiger partial charge in [-0.1, -0.05) is 30.9 Å². The van der Waals surface area contributed by atoms with Gasteiger partial charge in [0.05, 0.1) is 5.02 Å². The fourth-order valence-corrected chi connectivity index (χ4v) is 2.88. The zero-order valence-electron chi connectivity index (χ0n) is 10.1. The van der Waals surface area contributed by atoms with Gasteiger partial charge in [-0.25, -0.2) is 4.98 Å². The summed E-state index contributed by atoms with van der Waals surface area (Å²) >= 11 is 11.9. The van der Waals surface area contributed by atoms with Crippen LogP contribution in [0.25, 0.3) is 0 Å². The summed E-state index contributed by atoms with van der Waals surface area (Å²) in [4.78, 5) is 6.67. The molecule has 0 radical (unpaired) electrons. The van der Waals surface area contributed by atoms with Gasteiger partial charge in [0.2, 0.25) is 0 Å². The molecule has 1 aromatic rings. The monoisotopic (exact) mass is 272 g/mol. The molecule has 1 saturated carbocycles. The van der Waals surface area contributed by atoms with Crippen LogP contribution in [-0.4, -0.2) is 18.1 Å². The Hall–Kier alpha value is -0.470. The number of halogens is 2. The molecule has 1 aliphatic rings. The Balaban J connectivity index is 2.15. The lowest BCUT2D eigenvalue weighted by Crippen LogP contribution is -2.33. The summed E-state index contributed by atoms with van der Waals surface area (Å²) in [5, 5.41) is 0.654. The maximum atomic E-state index is 6.02. The Bertz CT molecular complexity index is 376. The molecule has 1 aromatic heterocycles. The van der Waals surface area contributed by atoms with Crippen molar-refractivity contribution >= 4 is 29.0 Å². The highest BCUT2D eigenvalue weighted by molar-refractivity contribution is 6.32. The minimum atomic E-state index is 0.437. The molecule has 2 rings (SSSR count). The maximum Gasteiger partial charge on any atom is 0.128 e. The second-order valence-corrected chi connectivity index (χ2v) is 5.34. The van der Waals surface area contributed by atoms with Gasteiger partial charge >= 0.3 is 0 Å². The number of hydrogen-bond acceptors (Lipinski definition) is 2. The Labute approximate surface area is 113 Å². The van der Waals surface area contributed by atoms with E-state index in [1.54, 1.807) is 6.20 Å². The van der Waals surface area contributed by atoms with Crippen LogP contribution in [0.15, 0.2) is 12.3 Å². The van der Waals surface area contributed by atoms with Crippen LogP contribution >= 0.6 is 23.2 Å². The van der Waals surface area contributed by atoms with Crippen LogP contribution in [0.1, 0.15) is 37.7 Å². The van der Waals surface area contributed by atoms with Crippen molar-refractivity contribution in [1.29, 1.82) is 0 Å². The fraction of sp³-hybridized carbons (Fsp3) is 0.615. The van der Waals surface area contributed by atoms with E-state index in [2.05, 4.69) is 16.9 Å². The summed E-state index contributed by atoms with van der Waals surface area (Å²) < 4.78 is 0. The minimum Gasteiger partial charge on any atom is -0.357 e. The molecule has 0 amide bonds. The highest BCUT2D eigenvalue weighted by Gasteiger charge is 2.19. The number of rotatable bonds is 3. The Kier molecular flexibility index (Phi) is 4.52. The van der Waals surface area contributed by atoms with Gasteiger partial charge in [-0.15, -0.1) is 11.6 Å². The summed E-state index contributed by atoms with van der Waals surface area (Å²) in [7, 11) is 2.12. The van der Waals surface area contributed by atoms with Crippen molar-refractivity contribution < 1.29 is 0 Å². The molecule has 2 nitrogen and oxygen atoms in total. The molecule has 0 N–H and O–H groups in total. The molecule has 1 heterocycles. The lowest BCUT2D eigenvalue weighted by molar-refractivity contribution is 0.426. The van der Waals surface area contributed by atoms with E-state index >= 15 is 0 Å². The predicted octanol–water partition coefficient (Wildman–Crippen LogP) is 4.24. The molecule has 17 heavy (non-hydrogen) atoms. The number of pyridine rings is 1. The third-order valence-corrected chi connectivity index (χ3v) is 4.18. The third kappa shape index (κ3) is 3.05. The van der Waals surface area contributed by atoms with Crippen molar-refractivity contribution in [2.24, 2.45) is 0 Å². The van der Waals surface area contributed by atoms with Crippen LogP contribution in [0, 0.1) is 0 Å². The molecular weight excluding hydrogens is 255 g/mol. The summed E-state index contributed by atoms with van der Waals surface area (Å²) in [6.45, 7) is 0. The van der Waals surface area contributed by atoms with E-state index in [0.29, 0.717) is 16.9 Å². The van der Waals surface area contributed by atoms with Gasteiger partial charge in [-0.2, -0.15) is 0 Å². The summed E-state index contributed by atoms with van der Waals surface area (Å²) in [5.41, 5.74) is 0.959. The average molecular weight is 273 g/mol. The number of alkyl halides is 1. The van der Waals surface area contributed by atoms with Crippen molar-refractivity contribution in [2.45, 2.75) is 44.0 Å². The summed E-state index contributed by atoms with van der Waals surface area (Å²) in [6.07, 6.45) is 8.24. The van der Waals surface area contributed by atoms with Crippen LogP contribution in [0.3, 0.4) is 0 Å². The molecule has 94 valence electrons. The van der Waals surface area contributed by atoms with E-state index in [1.165, 1.54) is 32.1 Å². The minimum absolute atomic E-state index is 0.437. The summed E-state index contributed by atoms with van der Waals surface area (Å²) in [5.74, 6) is 1.42. The van der Waals surface area contributed by atoms with Crippen molar-refractivity contribution in [2.75, 3.05) is 11.9 Å². The molecule has 4 heteroatoms. The predicted molar refractivity (Wildman–Crippen MR) is 74.1 cm³/mol. The van der Waals surface area contributed by atoms with Crippen LogP contribution in [0.4, 0.5) is 5.82 Å². The van der Waals surface area contributed by atoms with Crippen molar-refractivity contribution in [3.05, 3.63) is 22.8 Å². The van der Waals surface area contributed by atoms with E-state index in [1.807, 2.05) is 6.07 Å². The smallest absolute Gasteiger partial charge is 0.128 e. The molecule has 0 aromatic carbocycles. The van der Waals surface area contributed by atoms with E-state index < -0.39 is 0 Å².